The Morgan fingerprint density at radius 3 is 2.69 bits per heavy atom. The normalized spacial score (nSPS) is 16.4. The van der Waals surface area contributed by atoms with Crippen LogP contribution >= 0.6 is 0 Å². The van der Waals surface area contributed by atoms with Gasteiger partial charge < -0.3 is 15.5 Å². The van der Waals surface area contributed by atoms with Crippen molar-refractivity contribution < 1.29 is 9.18 Å². The monoisotopic (exact) mass is 390 g/mol. The Kier molecular flexibility index (Phi) is 5.81. The standard InChI is InChI=1S/C23H23FN4O/c24-19-10-8-17(9-11-19)15-27-23(29)20-7-4-12-26-22(20)28-14-13-25-21(16-28)18-5-2-1-3-6-18/h1-12,21,25H,13-16H2,(H,27,29)/t21-/m1/s1. The van der Waals surface area contributed by atoms with E-state index < -0.39 is 0 Å². The summed E-state index contributed by atoms with van der Waals surface area (Å²) in [6.45, 7) is 2.66. The number of benzene rings is 2. The summed E-state index contributed by atoms with van der Waals surface area (Å²) >= 11 is 0. The Morgan fingerprint density at radius 1 is 1.10 bits per heavy atom. The van der Waals surface area contributed by atoms with Gasteiger partial charge in [0.15, 0.2) is 0 Å². The van der Waals surface area contributed by atoms with E-state index in [-0.39, 0.29) is 17.8 Å². The summed E-state index contributed by atoms with van der Waals surface area (Å²) in [5.74, 6) is 0.208. The van der Waals surface area contributed by atoms with E-state index in [1.165, 1.54) is 17.7 Å². The molecule has 0 bridgehead atoms. The topological polar surface area (TPSA) is 57.3 Å². The van der Waals surface area contributed by atoms with E-state index in [0.717, 1.165) is 25.2 Å². The van der Waals surface area contributed by atoms with Gasteiger partial charge in [-0.05, 0) is 35.4 Å². The van der Waals surface area contributed by atoms with Gasteiger partial charge in [0.2, 0.25) is 0 Å². The molecule has 2 heterocycles. The maximum absolute atomic E-state index is 13.1. The zero-order valence-corrected chi connectivity index (χ0v) is 16.0. The number of hydrogen-bond acceptors (Lipinski definition) is 4. The molecule has 0 spiro atoms. The molecule has 1 aliphatic rings. The second-order valence-electron chi connectivity index (χ2n) is 7.05. The fourth-order valence-corrected chi connectivity index (χ4v) is 3.56. The quantitative estimate of drug-likeness (QED) is 0.702. The number of nitrogens with zero attached hydrogens (tertiary/aromatic N) is 2. The van der Waals surface area contributed by atoms with Crippen molar-refractivity contribution in [1.82, 2.24) is 15.6 Å². The highest BCUT2D eigenvalue weighted by molar-refractivity contribution is 5.98. The number of piperazine rings is 1. The highest BCUT2D eigenvalue weighted by atomic mass is 19.1. The van der Waals surface area contributed by atoms with E-state index in [4.69, 9.17) is 0 Å². The number of rotatable bonds is 5. The molecule has 4 rings (SSSR count). The van der Waals surface area contributed by atoms with Gasteiger partial charge in [-0.3, -0.25) is 4.79 Å². The molecule has 1 saturated heterocycles. The third-order valence-corrected chi connectivity index (χ3v) is 5.07. The molecular formula is C23H23FN4O. The summed E-state index contributed by atoms with van der Waals surface area (Å²) in [5.41, 5.74) is 2.61. The molecular weight excluding hydrogens is 367 g/mol. The van der Waals surface area contributed by atoms with Crippen molar-refractivity contribution in [2.45, 2.75) is 12.6 Å². The van der Waals surface area contributed by atoms with Crippen LogP contribution in [0.2, 0.25) is 0 Å². The van der Waals surface area contributed by atoms with Crippen LogP contribution in [-0.4, -0.2) is 30.5 Å². The second-order valence-corrected chi connectivity index (χ2v) is 7.05. The van der Waals surface area contributed by atoms with Crippen LogP contribution < -0.4 is 15.5 Å². The molecule has 3 aromatic rings. The average Bonchev–Trinajstić information content (AvgIpc) is 2.79. The maximum Gasteiger partial charge on any atom is 0.255 e. The molecule has 29 heavy (non-hydrogen) atoms. The van der Waals surface area contributed by atoms with E-state index in [2.05, 4.69) is 32.7 Å². The molecule has 2 N–H and O–H groups in total. The Balaban J connectivity index is 1.48. The van der Waals surface area contributed by atoms with E-state index in [1.54, 1.807) is 30.5 Å². The Morgan fingerprint density at radius 2 is 1.90 bits per heavy atom. The SMILES string of the molecule is O=C(NCc1ccc(F)cc1)c1cccnc1N1CCN[C@@H](c2ccccc2)C1. The predicted molar refractivity (Wildman–Crippen MR) is 111 cm³/mol. The zero-order chi connectivity index (χ0) is 20.1. The summed E-state index contributed by atoms with van der Waals surface area (Å²) in [6.07, 6.45) is 1.71. The van der Waals surface area contributed by atoms with Crippen molar-refractivity contribution in [2.24, 2.45) is 0 Å². The van der Waals surface area contributed by atoms with Crippen molar-refractivity contribution in [3.8, 4) is 0 Å². The molecule has 148 valence electrons. The number of carbonyl (C=O) groups excluding carboxylic acids is 1. The van der Waals surface area contributed by atoms with Gasteiger partial charge >= 0.3 is 0 Å². The highest BCUT2D eigenvalue weighted by Crippen LogP contribution is 2.24. The lowest BCUT2D eigenvalue weighted by Crippen LogP contribution is -2.46. The Hall–Kier alpha value is -3.25. The first-order valence-corrected chi connectivity index (χ1v) is 9.71. The molecule has 1 fully saturated rings. The molecule has 1 aliphatic heterocycles. The summed E-state index contributed by atoms with van der Waals surface area (Å²) in [6, 6.07) is 20.1. The third kappa shape index (κ3) is 4.60. The van der Waals surface area contributed by atoms with Crippen molar-refractivity contribution in [3.05, 3.63) is 95.4 Å². The fourth-order valence-electron chi connectivity index (χ4n) is 3.56. The van der Waals surface area contributed by atoms with Crippen LogP contribution in [0.3, 0.4) is 0 Å². The van der Waals surface area contributed by atoms with Crippen LogP contribution in [0.1, 0.15) is 27.5 Å². The smallest absolute Gasteiger partial charge is 0.255 e. The minimum absolute atomic E-state index is 0.182. The fraction of sp³-hybridized carbons (Fsp3) is 0.217. The number of aromatic nitrogens is 1. The molecule has 6 heteroatoms. The largest absolute Gasteiger partial charge is 0.353 e. The first-order chi connectivity index (χ1) is 14.2. The molecule has 1 aromatic heterocycles. The van der Waals surface area contributed by atoms with Crippen molar-refractivity contribution >= 4 is 11.7 Å². The third-order valence-electron chi connectivity index (χ3n) is 5.07. The van der Waals surface area contributed by atoms with Gasteiger partial charge in [0, 0.05) is 38.4 Å². The molecule has 5 nitrogen and oxygen atoms in total. The first-order valence-electron chi connectivity index (χ1n) is 9.71. The van der Waals surface area contributed by atoms with Crippen molar-refractivity contribution in [1.29, 1.82) is 0 Å². The lowest BCUT2D eigenvalue weighted by Gasteiger charge is -2.35. The van der Waals surface area contributed by atoms with E-state index in [0.29, 0.717) is 17.9 Å². The Labute approximate surface area is 169 Å². The minimum atomic E-state index is -0.290. The first kappa shape index (κ1) is 19.1. The summed E-state index contributed by atoms with van der Waals surface area (Å²) in [7, 11) is 0. The van der Waals surface area contributed by atoms with E-state index in [9.17, 15) is 9.18 Å². The maximum atomic E-state index is 13.1. The number of amides is 1. The number of carbonyl (C=O) groups is 1. The van der Waals surface area contributed by atoms with Crippen LogP contribution in [0.4, 0.5) is 10.2 Å². The number of anilines is 1. The molecule has 0 radical (unpaired) electrons. The van der Waals surface area contributed by atoms with Crippen LogP contribution in [0.25, 0.3) is 0 Å². The lowest BCUT2D eigenvalue weighted by molar-refractivity contribution is 0.0951. The number of halogens is 1. The van der Waals surface area contributed by atoms with Gasteiger partial charge in [-0.15, -0.1) is 0 Å². The van der Waals surface area contributed by atoms with Gasteiger partial charge in [-0.1, -0.05) is 42.5 Å². The summed E-state index contributed by atoms with van der Waals surface area (Å²) in [5, 5.41) is 6.45. The predicted octanol–water partition coefficient (Wildman–Crippen LogP) is 3.30. The number of pyridine rings is 1. The molecule has 0 aliphatic carbocycles. The molecule has 1 amide bonds. The van der Waals surface area contributed by atoms with Gasteiger partial charge in [0.05, 0.1) is 5.56 Å². The molecule has 0 saturated carbocycles. The van der Waals surface area contributed by atoms with Crippen LogP contribution in [0.5, 0.6) is 0 Å². The van der Waals surface area contributed by atoms with Gasteiger partial charge in [0.1, 0.15) is 11.6 Å². The number of hydrogen-bond donors (Lipinski definition) is 2. The van der Waals surface area contributed by atoms with Crippen molar-refractivity contribution in [2.75, 3.05) is 24.5 Å². The molecule has 2 aromatic carbocycles. The van der Waals surface area contributed by atoms with Crippen LogP contribution in [0, 0.1) is 5.82 Å². The van der Waals surface area contributed by atoms with Gasteiger partial charge in [-0.2, -0.15) is 0 Å². The Bertz CT molecular complexity index is 962. The molecule has 0 unspecified atom stereocenters. The van der Waals surface area contributed by atoms with Gasteiger partial charge in [-0.25, -0.2) is 9.37 Å². The second kappa shape index (κ2) is 8.84. The van der Waals surface area contributed by atoms with E-state index in [1.807, 2.05) is 18.2 Å². The van der Waals surface area contributed by atoms with Gasteiger partial charge in [0.25, 0.3) is 5.91 Å². The van der Waals surface area contributed by atoms with E-state index >= 15 is 0 Å². The average molecular weight is 390 g/mol. The lowest BCUT2D eigenvalue weighted by atomic mass is 10.0. The highest BCUT2D eigenvalue weighted by Gasteiger charge is 2.25. The minimum Gasteiger partial charge on any atom is -0.353 e. The van der Waals surface area contributed by atoms with Crippen molar-refractivity contribution in [3.63, 3.8) is 0 Å². The summed E-state index contributed by atoms with van der Waals surface area (Å²) < 4.78 is 13.1. The van der Waals surface area contributed by atoms with Crippen LogP contribution in [0.15, 0.2) is 72.9 Å². The zero-order valence-electron chi connectivity index (χ0n) is 16.0. The summed E-state index contributed by atoms with van der Waals surface area (Å²) in [4.78, 5) is 19.5. The van der Waals surface area contributed by atoms with Crippen LogP contribution in [-0.2, 0) is 6.54 Å². The number of nitrogens with one attached hydrogen (secondary N) is 2. The molecule has 1 atom stereocenters.